The minimum Gasteiger partial charge on any atom is -0.266 e. The first kappa shape index (κ1) is 21.7. The topological polar surface area (TPSA) is 80.8 Å². The number of imide groups is 1. The van der Waals surface area contributed by atoms with Gasteiger partial charge in [-0.25, -0.2) is 0 Å². The molecule has 0 N–H and O–H groups in total. The lowest BCUT2D eigenvalue weighted by Gasteiger charge is -2.28. The second-order valence-corrected chi connectivity index (χ2v) is 9.97. The molecule has 0 radical (unpaired) electrons. The molecule has 33 heavy (non-hydrogen) atoms. The summed E-state index contributed by atoms with van der Waals surface area (Å²) >= 11 is 0. The highest BCUT2D eigenvalue weighted by Gasteiger charge is 2.61. The fourth-order valence-electron chi connectivity index (χ4n) is 4.82. The number of carbonyl (C=O) groups excluding carboxylic acids is 2. The summed E-state index contributed by atoms with van der Waals surface area (Å²) in [5.74, 6) is -4.40. The number of carbonyl (C=O) groups is 2. The van der Waals surface area contributed by atoms with Crippen LogP contribution in [-0.4, -0.2) is 30.5 Å². The zero-order valence-electron chi connectivity index (χ0n) is 17.2. The Morgan fingerprint density at radius 2 is 1.33 bits per heavy atom. The number of alkyl halides is 2. The normalized spacial score (nSPS) is 24.9. The SMILES string of the molecule is O=C1C(c2ccccc2)=C(c2ccccc2)C(=O)N1OS(=O)(=O)C(F)(F)C1CC2C=CC1C2. The van der Waals surface area contributed by atoms with E-state index in [0.717, 1.165) is 0 Å². The molecule has 3 atom stereocenters. The number of allylic oxidation sites excluding steroid dienone is 2. The van der Waals surface area contributed by atoms with Gasteiger partial charge >= 0.3 is 15.4 Å². The van der Waals surface area contributed by atoms with Gasteiger partial charge in [0.05, 0.1) is 11.1 Å². The number of rotatable bonds is 6. The fraction of sp³-hybridized carbons (Fsp3) is 0.250. The van der Waals surface area contributed by atoms with Crippen molar-refractivity contribution in [2.45, 2.75) is 18.1 Å². The molecule has 0 spiro atoms. The lowest BCUT2D eigenvalue weighted by atomic mass is 9.94. The van der Waals surface area contributed by atoms with Gasteiger partial charge in [0.2, 0.25) is 0 Å². The summed E-state index contributed by atoms with van der Waals surface area (Å²) in [5, 5.41) is -4.32. The molecule has 6 nitrogen and oxygen atoms in total. The highest BCUT2D eigenvalue weighted by atomic mass is 32.2. The van der Waals surface area contributed by atoms with E-state index in [1.807, 2.05) is 0 Å². The zero-order valence-corrected chi connectivity index (χ0v) is 18.0. The van der Waals surface area contributed by atoms with Crippen molar-refractivity contribution >= 4 is 33.1 Å². The van der Waals surface area contributed by atoms with E-state index in [4.69, 9.17) is 0 Å². The Kier molecular flexibility index (Phi) is 5.06. The van der Waals surface area contributed by atoms with E-state index in [-0.39, 0.29) is 28.5 Å². The van der Waals surface area contributed by atoms with E-state index in [9.17, 15) is 18.0 Å². The molecule has 2 aromatic carbocycles. The van der Waals surface area contributed by atoms with Gasteiger partial charge in [0.1, 0.15) is 0 Å². The maximum atomic E-state index is 15.1. The first-order valence-electron chi connectivity index (χ1n) is 10.4. The van der Waals surface area contributed by atoms with Crippen LogP contribution in [0.15, 0.2) is 72.8 Å². The molecule has 1 heterocycles. The van der Waals surface area contributed by atoms with Crippen molar-refractivity contribution in [3.05, 3.63) is 83.9 Å². The number of hydrogen-bond acceptors (Lipinski definition) is 5. The summed E-state index contributed by atoms with van der Waals surface area (Å²) in [7, 11) is -5.64. The van der Waals surface area contributed by atoms with Gasteiger partial charge in [-0.2, -0.15) is 17.2 Å². The number of nitrogens with zero attached hydrogens (tertiary/aromatic N) is 1. The molecule has 2 amide bonds. The standard InChI is InChI=1S/C24H19F2NO5S/c25-24(26,19-14-15-11-12-18(19)13-15)33(30,31)32-27-22(28)20(16-7-3-1-4-8-16)21(23(27)29)17-9-5-2-6-10-17/h1-12,15,18-19H,13-14H2. The van der Waals surface area contributed by atoms with Crippen molar-refractivity contribution < 1.29 is 31.1 Å². The fourth-order valence-corrected chi connectivity index (χ4v) is 5.90. The Morgan fingerprint density at radius 3 is 1.76 bits per heavy atom. The number of benzene rings is 2. The molecule has 1 aliphatic heterocycles. The van der Waals surface area contributed by atoms with Gasteiger partial charge in [0.15, 0.2) is 0 Å². The van der Waals surface area contributed by atoms with Gasteiger partial charge in [-0.1, -0.05) is 72.8 Å². The predicted octanol–water partition coefficient (Wildman–Crippen LogP) is 4.03. The van der Waals surface area contributed by atoms with Gasteiger partial charge in [-0.3, -0.25) is 9.59 Å². The summed E-state index contributed by atoms with van der Waals surface area (Å²) in [4.78, 5) is 26.3. The van der Waals surface area contributed by atoms with Crippen molar-refractivity contribution in [2.75, 3.05) is 0 Å². The van der Waals surface area contributed by atoms with Crippen LogP contribution in [0.25, 0.3) is 11.1 Å². The van der Waals surface area contributed by atoms with Crippen LogP contribution in [0.3, 0.4) is 0 Å². The van der Waals surface area contributed by atoms with Gasteiger partial charge in [-0.15, -0.1) is 9.35 Å². The molecule has 1 fully saturated rings. The monoisotopic (exact) mass is 471 g/mol. The molecule has 2 bridgehead atoms. The lowest BCUT2D eigenvalue weighted by molar-refractivity contribution is -0.162. The summed E-state index contributed by atoms with van der Waals surface area (Å²) in [6, 6.07) is 16.2. The van der Waals surface area contributed by atoms with Crippen molar-refractivity contribution in [1.29, 1.82) is 0 Å². The molecule has 0 saturated heterocycles. The Bertz CT molecular complexity index is 1230. The number of hydrogen-bond donors (Lipinski definition) is 0. The molecule has 3 aliphatic rings. The molecular weight excluding hydrogens is 452 g/mol. The second kappa shape index (κ2) is 7.71. The van der Waals surface area contributed by atoms with Crippen molar-refractivity contribution in [3.63, 3.8) is 0 Å². The summed E-state index contributed by atoms with van der Waals surface area (Å²) in [6.45, 7) is 0. The number of fused-ring (bicyclic) bond motifs is 2. The smallest absolute Gasteiger partial charge is 0.266 e. The first-order valence-corrected chi connectivity index (χ1v) is 11.9. The third kappa shape index (κ3) is 3.43. The van der Waals surface area contributed by atoms with E-state index in [0.29, 0.717) is 17.5 Å². The van der Waals surface area contributed by atoms with Gasteiger partial charge in [0, 0.05) is 5.92 Å². The summed E-state index contributed by atoms with van der Waals surface area (Å²) in [5.41, 5.74) is 0.438. The van der Waals surface area contributed by atoms with E-state index in [1.165, 1.54) is 0 Å². The molecule has 2 aliphatic carbocycles. The largest absolute Gasteiger partial charge is 0.375 e. The molecule has 170 valence electrons. The van der Waals surface area contributed by atoms with E-state index < -0.39 is 39.0 Å². The molecule has 1 saturated carbocycles. The quantitative estimate of drug-likeness (QED) is 0.469. The van der Waals surface area contributed by atoms with Crippen LogP contribution in [0.4, 0.5) is 8.78 Å². The van der Waals surface area contributed by atoms with Crippen molar-refractivity contribution in [3.8, 4) is 0 Å². The van der Waals surface area contributed by atoms with Crippen LogP contribution in [0.5, 0.6) is 0 Å². The minimum atomic E-state index is -5.64. The molecule has 2 aromatic rings. The van der Waals surface area contributed by atoms with Crippen LogP contribution in [0.1, 0.15) is 24.0 Å². The van der Waals surface area contributed by atoms with Crippen LogP contribution in [-0.2, 0) is 24.0 Å². The van der Waals surface area contributed by atoms with Crippen LogP contribution >= 0.6 is 0 Å². The maximum Gasteiger partial charge on any atom is 0.375 e. The molecule has 3 unspecified atom stereocenters. The number of halogens is 2. The summed E-state index contributed by atoms with van der Waals surface area (Å²) in [6.07, 6.45) is 3.86. The Morgan fingerprint density at radius 1 is 0.818 bits per heavy atom. The Balaban J connectivity index is 1.51. The van der Waals surface area contributed by atoms with Crippen molar-refractivity contribution in [2.24, 2.45) is 17.8 Å². The van der Waals surface area contributed by atoms with Crippen LogP contribution in [0.2, 0.25) is 0 Å². The third-order valence-electron chi connectivity index (χ3n) is 6.39. The van der Waals surface area contributed by atoms with Crippen molar-refractivity contribution in [1.82, 2.24) is 5.06 Å². The maximum absolute atomic E-state index is 15.1. The van der Waals surface area contributed by atoms with E-state index in [2.05, 4.69) is 4.28 Å². The van der Waals surface area contributed by atoms with Gasteiger partial charge in [0.25, 0.3) is 11.8 Å². The second-order valence-electron chi connectivity index (χ2n) is 8.36. The molecule has 9 heteroatoms. The van der Waals surface area contributed by atoms with Gasteiger partial charge < -0.3 is 0 Å². The Labute approximate surface area is 189 Å². The average molecular weight is 471 g/mol. The molecule has 0 aromatic heterocycles. The Hall–Kier alpha value is -3.17. The number of amides is 2. The van der Waals surface area contributed by atoms with Crippen LogP contribution < -0.4 is 0 Å². The lowest BCUT2D eigenvalue weighted by Crippen LogP contribution is -2.45. The summed E-state index contributed by atoms with van der Waals surface area (Å²) < 4.78 is 60.2. The highest BCUT2D eigenvalue weighted by Crippen LogP contribution is 2.52. The predicted molar refractivity (Wildman–Crippen MR) is 115 cm³/mol. The minimum absolute atomic E-state index is 0.00142. The average Bonchev–Trinajstić information content (AvgIpc) is 3.50. The number of hydroxylamine groups is 2. The van der Waals surface area contributed by atoms with E-state index in [1.54, 1.807) is 72.8 Å². The third-order valence-corrected chi connectivity index (χ3v) is 7.70. The highest BCUT2D eigenvalue weighted by molar-refractivity contribution is 7.87. The van der Waals surface area contributed by atoms with Crippen LogP contribution in [0, 0.1) is 17.8 Å². The van der Waals surface area contributed by atoms with Gasteiger partial charge in [-0.05, 0) is 35.8 Å². The zero-order chi connectivity index (χ0) is 23.4. The molecular formula is C24H19F2NO5S. The molecule has 5 rings (SSSR count). The van der Waals surface area contributed by atoms with E-state index >= 15 is 8.78 Å². The first-order chi connectivity index (χ1) is 15.7.